The van der Waals surface area contributed by atoms with Crippen LogP contribution in [0.25, 0.3) is 0 Å². The van der Waals surface area contributed by atoms with Gasteiger partial charge < -0.3 is 9.80 Å². The predicted molar refractivity (Wildman–Crippen MR) is 146 cm³/mol. The van der Waals surface area contributed by atoms with Gasteiger partial charge in [0.05, 0.1) is 16.8 Å². The minimum atomic E-state index is -1.07. The summed E-state index contributed by atoms with van der Waals surface area (Å²) >= 11 is 0. The van der Waals surface area contributed by atoms with Crippen LogP contribution in [0.2, 0.25) is 0 Å². The Balaban J connectivity index is 1.05. The number of piperazine rings is 1. The van der Waals surface area contributed by atoms with Gasteiger partial charge in [0.15, 0.2) is 0 Å². The van der Waals surface area contributed by atoms with Gasteiger partial charge in [-0.2, -0.15) is 0 Å². The van der Waals surface area contributed by atoms with E-state index in [4.69, 9.17) is 0 Å². The molecule has 6 rings (SSSR count). The zero-order valence-electron chi connectivity index (χ0n) is 22.6. The van der Waals surface area contributed by atoms with Gasteiger partial charge in [0.2, 0.25) is 11.8 Å². The molecule has 4 aliphatic heterocycles. The van der Waals surface area contributed by atoms with Crippen molar-refractivity contribution in [3.8, 4) is 0 Å². The number of hydrogen-bond acceptors (Lipinski definition) is 8. The molecule has 1 atom stereocenters. The standard InChI is InChI=1S/C29H33FN6O4/c1-18-2-4-25(31-16-18)35-8-6-19(7-9-35)17-33-10-12-34(13-11-33)24-15-21-20(14-22(24)30)28(39)36(29(21)40)23-3-5-26(37)32-27(23)38/h2,4,14-16,19,23H,3,5-13,17H2,1H3,(H,32,37,38). The second kappa shape index (κ2) is 10.6. The van der Waals surface area contributed by atoms with E-state index in [1.54, 1.807) is 0 Å². The van der Waals surface area contributed by atoms with Gasteiger partial charge in [0.25, 0.3) is 11.8 Å². The highest BCUT2D eigenvalue weighted by molar-refractivity contribution is 6.23. The Bertz CT molecular complexity index is 1350. The maximum atomic E-state index is 15.2. The summed E-state index contributed by atoms with van der Waals surface area (Å²) in [6.45, 7) is 7.81. The molecule has 2 aromatic rings. The Kier molecular flexibility index (Phi) is 6.99. The van der Waals surface area contributed by atoms with Crippen molar-refractivity contribution in [3.63, 3.8) is 0 Å². The fraction of sp³-hybridized carbons (Fsp3) is 0.483. The first-order valence-corrected chi connectivity index (χ1v) is 14.0. The van der Waals surface area contributed by atoms with Gasteiger partial charge in [-0.1, -0.05) is 6.07 Å². The van der Waals surface area contributed by atoms with E-state index < -0.39 is 35.5 Å². The maximum Gasteiger partial charge on any atom is 0.262 e. The zero-order valence-corrected chi connectivity index (χ0v) is 22.6. The van der Waals surface area contributed by atoms with Gasteiger partial charge in [-0.3, -0.25) is 34.3 Å². The van der Waals surface area contributed by atoms with E-state index in [1.165, 1.54) is 6.07 Å². The van der Waals surface area contributed by atoms with E-state index >= 15 is 4.39 Å². The molecule has 4 aliphatic rings. The molecule has 1 aromatic heterocycles. The molecule has 0 bridgehead atoms. The van der Waals surface area contributed by atoms with E-state index in [0.29, 0.717) is 24.7 Å². The van der Waals surface area contributed by atoms with Crippen molar-refractivity contribution in [1.82, 2.24) is 20.1 Å². The van der Waals surface area contributed by atoms with Crippen molar-refractivity contribution in [3.05, 3.63) is 53.0 Å². The molecule has 5 heterocycles. The van der Waals surface area contributed by atoms with Crippen LogP contribution in [-0.4, -0.2) is 90.3 Å². The second-order valence-corrected chi connectivity index (χ2v) is 11.2. The zero-order chi connectivity index (χ0) is 28.0. The number of anilines is 2. The number of carbonyl (C=O) groups is 4. The second-order valence-electron chi connectivity index (χ2n) is 11.2. The molecule has 11 heteroatoms. The van der Waals surface area contributed by atoms with Crippen molar-refractivity contribution in [2.24, 2.45) is 5.92 Å². The number of aromatic nitrogens is 1. The maximum absolute atomic E-state index is 15.2. The first-order valence-electron chi connectivity index (χ1n) is 14.0. The summed E-state index contributed by atoms with van der Waals surface area (Å²) in [7, 11) is 0. The Morgan fingerprint density at radius 2 is 1.60 bits per heavy atom. The fourth-order valence-electron chi connectivity index (χ4n) is 6.25. The number of amides is 4. The van der Waals surface area contributed by atoms with E-state index in [1.807, 2.05) is 18.0 Å². The Labute approximate surface area is 232 Å². The van der Waals surface area contributed by atoms with Gasteiger partial charge in [-0.05, 0) is 55.9 Å². The molecule has 40 heavy (non-hydrogen) atoms. The lowest BCUT2D eigenvalue weighted by Crippen LogP contribution is -2.54. The lowest BCUT2D eigenvalue weighted by Gasteiger charge is -2.40. The number of hydrogen-bond donors (Lipinski definition) is 1. The molecule has 210 valence electrons. The van der Waals surface area contributed by atoms with Crippen LogP contribution in [0.15, 0.2) is 30.5 Å². The van der Waals surface area contributed by atoms with Crippen LogP contribution >= 0.6 is 0 Å². The molecular weight excluding hydrogens is 515 g/mol. The summed E-state index contributed by atoms with van der Waals surface area (Å²) in [5.74, 6) is -1.36. The van der Waals surface area contributed by atoms with Gasteiger partial charge in [-0.25, -0.2) is 9.37 Å². The van der Waals surface area contributed by atoms with Crippen LogP contribution in [0.4, 0.5) is 15.9 Å². The summed E-state index contributed by atoms with van der Waals surface area (Å²) in [6.07, 6.45) is 4.23. The molecule has 0 saturated carbocycles. The number of piperidine rings is 2. The van der Waals surface area contributed by atoms with E-state index in [2.05, 4.69) is 32.2 Å². The topological polar surface area (TPSA) is 106 Å². The third-order valence-corrected chi connectivity index (χ3v) is 8.57. The molecule has 0 spiro atoms. The van der Waals surface area contributed by atoms with Crippen LogP contribution in [0, 0.1) is 18.7 Å². The highest BCUT2D eigenvalue weighted by Crippen LogP contribution is 2.33. The van der Waals surface area contributed by atoms with E-state index in [0.717, 1.165) is 67.9 Å². The quantitative estimate of drug-likeness (QED) is 0.566. The number of benzene rings is 1. The number of fused-ring (bicyclic) bond motifs is 1. The SMILES string of the molecule is Cc1ccc(N2CCC(CN3CCN(c4cc5c(cc4F)C(=O)N(C4CCC(=O)NC4=O)C5=O)CC3)CC2)nc1. The van der Waals surface area contributed by atoms with Crippen LogP contribution in [0.5, 0.6) is 0 Å². The monoisotopic (exact) mass is 548 g/mol. The van der Waals surface area contributed by atoms with Crippen LogP contribution in [-0.2, 0) is 9.59 Å². The third-order valence-electron chi connectivity index (χ3n) is 8.57. The summed E-state index contributed by atoms with van der Waals surface area (Å²) in [5.41, 5.74) is 1.51. The molecule has 10 nitrogen and oxygen atoms in total. The molecule has 0 aliphatic carbocycles. The summed E-state index contributed by atoms with van der Waals surface area (Å²) in [5, 5.41) is 2.18. The Morgan fingerprint density at radius 1 is 0.900 bits per heavy atom. The highest BCUT2D eigenvalue weighted by Gasteiger charge is 2.45. The number of nitrogens with one attached hydrogen (secondary N) is 1. The first-order chi connectivity index (χ1) is 19.3. The molecular formula is C29H33FN6O4. The largest absolute Gasteiger partial charge is 0.367 e. The number of imide groups is 2. The third kappa shape index (κ3) is 4.94. The van der Waals surface area contributed by atoms with E-state index in [-0.39, 0.29) is 24.0 Å². The molecule has 0 radical (unpaired) electrons. The van der Waals surface area contributed by atoms with Gasteiger partial charge in [0, 0.05) is 58.4 Å². The molecule has 3 fully saturated rings. The fourth-order valence-corrected chi connectivity index (χ4v) is 6.25. The highest BCUT2D eigenvalue weighted by atomic mass is 19.1. The minimum absolute atomic E-state index is 0.0385. The average Bonchev–Trinajstić information content (AvgIpc) is 3.18. The normalized spacial score (nSPS) is 22.6. The number of nitrogens with zero attached hydrogens (tertiary/aromatic N) is 5. The van der Waals surface area contributed by atoms with Crippen LogP contribution in [0.3, 0.4) is 0 Å². The first kappa shape index (κ1) is 26.4. The Hall–Kier alpha value is -3.86. The number of rotatable bonds is 5. The van der Waals surface area contributed by atoms with Crippen molar-refractivity contribution in [1.29, 1.82) is 0 Å². The number of halogens is 1. The lowest BCUT2D eigenvalue weighted by molar-refractivity contribution is -0.136. The molecule has 1 aromatic carbocycles. The lowest BCUT2D eigenvalue weighted by atomic mass is 9.96. The van der Waals surface area contributed by atoms with Gasteiger partial charge >= 0.3 is 0 Å². The van der Waals surface area contributed by atoms with Crippen molar-refractivity contribution >= 4 is 35.1 Å². The molecule has 1 unspecified atom stereocenters. The molecule has 1 N–H and O–H groups in total. The Morgan fingerprint density at radius 3 is 2.25 bits per heavy atom. The van der Waals surface area contributed by atoms with E-state index in [9.17, 15) is 19.2 Å². The summed E-state index contributed by atoms with van der Waals surface area (Å²) in [6, 6.07) is 5.67. The number of aryl methyl sites for hydroxylation is 1. The molecule has 4 amide bonds. The number of carbonyl (C=O) groups excluding carboxylic acids is 4. The van der Waals surface area contributed by atoms with Crippen LogP contribution in [0.1, 0.15) is 52.0 Å². The van der Waals surface area contributed by atoms with Crippen LogP contribution < -0.4 is 15.1 Å². The smallest absolute Gasteiger partial charge is 0.262 e. The predicted octanol–water partition coefficient (Wildman–Crippen LogP) is 1.97. The van der Waals surface area contributed by atoms with Gasteiger partial charge in [-0.15, -0.1) is 0 Å². The van der Waals surface area contributed by atoms with Gasteiger partial charge in [0.1, 0.15) is 17.7 Å². The van der Waals surface area contributed by atoms with Crippen molar-refractivity contribution in [2.45, 2.75) is 38.6 Å². The minimum Gasteiger partial charge on any atom is -0.367 e. The summed E-state index contributed by atoms with van der Waals surface area (Å²) < 4.78 is 15.2. The molecule has 3 saturated heterocycles. The average molecular weight is 549 g/mol. The van der Waals surface area contributed by atoms with Crippen molar-refractivity contribution < 1.29 is 23.6 Å². The number of pyridine rings is 1. The van der Waals surface area contributed by atoms with Crippen molar-refractivity contribution in [2.75, 3.05) is 55.6 Å². The summed E-state index contributed by atoms with van der Waals surface area (Å²) in [4.78, 5) is 62.1.